The fourth-order valence-electron chi connectivity index (χ4n) is 1.28. The second kappa shape index (κ2) is 5.55. The van der Waals surface area contributed by atoms with E-state index in [2.05, 4.69) is 0 Å². The second-order valence-electron chi connectivity index (χ2n) is 4.39. The van der Waals surface area contributed by atoms with Gasteiger partial charge in [-0.25, -0.2) is 0 Å². The smallest absolute Gasteiger partial charge is 0.0801 e. The zero-order valence-corrected chi connectivity index (χ0v) is 8.62. The van der Waals surface area contributed by atoms with Gasteiger partial charge in [0.1, 0.15) is 0 Å². The molecule has 0 rings (SSSR count). The van der Waals surface area contributed by atoms with Crippen molar-refractivity contribution in [2.45, 2.75) is 52.7 Å². The molecule has 0 aliphatic rings. The van der Waals surface area contributed by atoms with Gasteiger partial charge in [-0.1, -0.05) is 27.7 Å². The lowest BCUT2D eigenvalue weighted by Gasteiger charge is -2.20. The van der Waals surface area contributed by atoms with Crippen molar-refractivity contribution in [3.05, 3.63) is 0 Å². The van der Waals surface area contributed by atoms with E-state index in [1.54, 1.807) is 0 Å². The molecule has 0 saturated carbocycles. The van der Waals surface area contributed by atoms with Crippen molar-refractivity contribution in [2.75, 3.05) is 0 Å². The van der Waals surface area contributed by atoms with Gasteiger partial charge < -0.3 is 10.2 Å². The summed E-state index contributed by atoms with van der Waals surface area (Å²) in [4.78, 5) is 0. The number of hydrogen-bond acceptors (Lipinski definition) is 2. The van der Waals surface area contributed by atoms with Crippen molar-refractivity contribution >= 4 is 0 Å². The van der Waals surface area contributed by atoms with E-state index >= 15 is 0 Å². The molecule has 0 heterocycles. The first-order valence-electron chi connectivity index (χ1n) is 4.79. The number of hydrogen-bond donors (Lipinski definition) is 2. The van der Waals surface area contributed by atoms with Crippen LogP contribution >= 0.6 is 0 Å². The average Bonchev–Trinajstić information content (AvgIpc) is 1.84. The Labute approximate surface area is 75.6 Å². The fourth-order valence-corrected chi connectivity index (χ4v) is 1.28. The van der Waals surface area contributed by atoms with Crippen molar-refractivity contribution in [1.29, 1.82) is 0 Å². The normalized spacial score (nSPS) is 17.0. The van der Waals surface area contributed by atoms with Crippen LogP contribution in [0, 0.1) is 11.8 Å². The monoisotopic (exact) mass is 174 g/mol. The second-order valence-corrected chi connectivity index (χ2v) is 4.39. The van der Waals surface area contributed by atoms with E-state index in [9.17, 15) is 10.2 Å². The molecule has 0 spiro atoms. The molecule has 0 fully saturated rings. The minimum atomic E-state index is -0.549. The van der Waals surface area contributed by atoms with Crippen LogP contribution < -0.4 is 0 Å². The molecule has 0 saturated heterocycles. The van der Waals surface area contributed by atoms with Gasteiger partial charge in [-0.2, -0.15) is 0 Å². The first kappa shape index (κ1) is 11.9. The molecule has 0 bridgehead atoms. The van der Waals surface area contributed by atoms with Crippen LogP contribution in [0.1, 0.15) is 40.5 Å². The molecular weight excluding hydrogens is 152 g/mol. The van der Waals surface area contributed by atoms with Gasteiger partial charge in [-0.3, -0.25) is 0 Å². The molecule has 2 unspecified atom stereocenters. The van der Waals surface area contributed by atoms with Crippen LogP contribution in [0.25, 0.3) is 0 Å². The van der Waals surface area contributed by atoms with Gasteiger partial charge in [0.2, 0.25) is 0 Å². The summed E-state index contributed by atoms with van der Waals surface area (Å²) in [5.74, 6) is 0.892. The van der Waals surface area contributed by atoms with Gasteiger partial charge in [0.15, 0.2) is 0 Å². The van der Waals surface area contributed by atoms with Crippen LogP contribution in [0.15, 0.2) is 0 Å². The van der Waals surface area contributed by atoms with Crippen molar-refractivity contribution in [3.8, 4) is 0 Å². The quantitative estimate of drug-likeness (QED) is 0.667. The highest BCUT2D eigenvalue weighted by Crippen LogP contribution is 2.13. The maximum absolute atomic E-state index is 9.49. The maximum Gasteiger partial charge on any atom is 0.0801 e. The number of aliphatic hydroxyl groups is 2. The van der Waals surface area contributed by atoms with E-state index in [0.717, 1.165) is 0 Å². The van der Waals surface area contributed by atoms with Gasteiger partial charge in [-0.05, 0) is 24.7 Å². The van der Waals surface area contributed by atoms with E-state index in [4.69, 9.17) is 0 Å². The molecule has 0 aromatic rings. The lowest BCUT2D eigenvalue weighted by atomic mass is 9.96. The van der Waals surface area contributed by atoms with Gasteiger partial charge in [0, 0.05) is 0 Å². The highest BCUT2D eigenvalue weighted by atomic mass is 16.3. The molecule has 12 heavy (non-hydrogen) atoms. The van der Waals surface area contributed by atoms with Gasteiger partial charge in [-0.15, -0.1) is 0 Å². The standard InChI is InChI=1S/C10H22O2/c1-7(2)5-9(11)10(12)6-8(3)4/h7-12H,5-6H2,1-4H3. The Balaban J connectivity index is 3.68. The Morgan fingerprint density at radius 2 is 1.00 bits per heavy atom. The highest BCUT2D eigenvalue weighted by molar-refractivity contribution is 4.69. The predicted octanol–water partition coefficient (Wildman–Crippen LogP) is 1.80. The number of aliphatic hydroxyl groups excluding tert-OH is 2. The van der Waals surface area contributed by atoms with Crippen LogP contribution in [0.5, 0.6) is 0 Å². The predicted molar refractivity (Wildman–Crippen MR) is 50.9 cm³/mol. The topological polar surface area (TPSA) is 40.5 Å². The molecule has 0 aromatic carbocycles. The molecule has 2 N–H and O–H groups in total. The Morgan fingerprint density at radius 1 is 0.750 bits per heavy atom. The van der Waals surface area contributed by atoms with E-state index in [0.29, 0.717) is 24.7 Å². The van der Waals surface area contributed by atoms with Gasteiger partial charge >= 0.3 is 0 Å². The summed E-state index contributed by atoms with van der Waals surface area (Å²) in [5, 5.41) is 19.0. The summed E-state index contributed by atoms with van der Waals surface area (Å²) in [7, 11) is 0. The van der Waals surface area contributed by atoms with Crippen molar-refractivity contribution < 1.29 is 10.2 Å². The summed E-state index contributed by atoms with van der Waals surface area (Å²) in [5.41, 5.74) is 0. The van der Waals surface area contributed by atoms with Crippen molar-refractivity contribution in [2.24, 2.45) is 11.8 Å². The van der Waals surface area contributed by atoms with Gasteiger partial charge in [0.25, 0.3) is 0 Å². The molecular formula is C10H22O2. The molecule has 0 amide bonds. The minimum absolute atomic E-state index is 0.446. The SMILES string of the molecule is CC(C)CC(O)C(O)CC(C)C. The van der Waals surface area contributed by atoms with Gasteiger partial charge in [0.05, 0.1) is 12.2 Å². The van der Waals surface area contributed by atoms with Crippen LogP contribution in [0.2, 0.25) is 0 Å². The lowest BCUT2D eigenvalue weighted by molar-refractivity contribution is -0.00333. The molecule has 0 radical (unpaired) electrons. The Bertz CT molecular complexity index is 96.4. The Morgan fingerprint density at radius 3 is 1.17 bits per heavy atom. The highest BCUT2D eigenvalue weighted by Gasteiger charge is 2.18. The molecule has 0 aliphatic heterocycles. The Hall–Kier alpha value is -0.0800. The lowest BCUT2D eigenvalue weighted by Crippen LogP contribution is -2.28. The summed E-state index contributed by atoms with van der Waals surface area (Å²) >= 11 is 0. The summed E-state index contributed by atoms with van der Waals surface area (Å²) in [6.07, 6.45) is 0.279. The third-order valence-electron chi connectivity index (χ3n) is 1.87. The third-order valence-corrected chi connectivity index (χ3v) is 1.87. The van der Waals surface area contributed by atoms with E-state index in [1.807, 2.05) is 27.7 Å². The summed E-state index contributed by atoms with van der Waals surface area (Å²) in [6.45, 7) is 8.19. The largest absolute Gasteiger partial charge is 0.390 e. The third kappa shape index (κ3) is 5.56. The minimum Gasteiger partial charge on any atom is -0.390 e. The van der Waals surface area contributed by atoms with Crippen LogP contribution in [0.3, 0.4) is 0 Å². The fraction of sp³-hybridized carbons (Fsp3) is 1.00. The van der Waals surface area contributed by atoms with Crippen LogP contribution in [0.4, 0.5) is 0 Å². The molecule has 0 aliphatic carbocycles. The van der Waals surface area contributed by atoms with E-state index < -0.39 is 12.2 Å². The molecule has 2 nitrogen and oxygen atoms in total. The maximum atomic E-state index is 9.49. The van der Waals surface area contributed by atoms with Crippen molar-refractivity contribution in [1.82, 2.24) is 0 Å². The van der Waals surface area contributed by atoms with E-state index in [-0.39, 0.29) is 0 Å². The molecule has 0 aromatic heterocycles. The molecule has 2 atom stereocenters. The first-order chi connectivity index (χ1) is 5.43. The number of rotatable bonds is 5. The average molecular weight is 174 g/mol. The Kier molecular flexibility index (Phi) is 5.51. The van der Waals surface area contributed by atoms with Crippen molar-refractivity contribution in [3.63, 3.8) is 0 Å². The van der Waals surface area contributed by atoms with E-state index in [1.165, 1.54) is 0 Å². The summed E-state index contributed by atoms with van der Waals surface area (Å²) in [6, 6.07) is 0. The van der Waals surface area contributed by atoms with Crippen LogP contribution in [-0.4, -0.2) is 22.4 Å². The zero-order chi connectivity index (χ0) is 9.72. The zero-order valence-electron chi connectivity index (χ0n) is 8.62. The van der Waals surface area contributed by atoms with Crippen LogP contribution in [-0.2, 0) is 0 Å². The molecule has 2 heteroatoms. The summed E-state index contributed by atoms with van der Waals surface area (Å²) < 4.78 is 0. The first-order valence-corrected chi connectivity index (χ1v) is 4.79. The molecule has 74 valence electrons.